The van der Waals surface area contributed by atoms with Crippen molar-refractivity contribution in [2.75, 3.05) is 0 Å². The van der Waals surface area contributed by atoms with Crippen LogP contribution in [0.15, 0.2) is 11.4 Å². The van der Waals surface area contributed by atoms with Crippen molar-refractivity contribution in [1.82, 2.24) is 0 Å². The van der Waals surface area contributed by atoms with E-state index in [1.807, 2.05) is 5.38 Å². The molecule has 0 spiro atoms. The largest absolute Gasteiger partial charge is 0.251 e. The zero-order valence-corrected chi connectivity index (χ0v) is 7.52. The van der Waals surface area contributed by atoms with Crippen LogP contribution in [0.3, 0.4) is 0 Å². The zero-order chi connectivity index (χ0) is 8.27. The lowest BCUT2D eigenvalue weighted by Gasteiger charge is -2.04. The summed E-state index contributed by atoms with van der Waals surface area (Å²) < 4.78 is 0. The van der Waals surface area contributed by atoms with Gasteiger partial charge >= 0.3 is 0 Å². The zero-order valence-electron chi connectivity index (χ0n) is 6.70. The van der Waals surface area contributed by atoms with Crippen LogP contribution < -0.4 is 0 Å². The van der Waals surface area contributed by atoms with Crippen LogP contribution in [0.2, 0.25) is 0 Å². The van der Waals surface area contributed by atoms with Gasteiger partial charge in [-0.2, -0.15) is 0 Å². The van der Waals surface area contributed by atoms with Gasteiger partial charge in [0.2, 0.25) is 0 Å². The van der Waals surface area contributed by atoms with Gasteiger partial charge in [-0.05, 0) is 22.9 Å². The Kier molecular flexibility index (Phi) is 3.05. The lowest BCUT2D eigenvalue weighted by atomic mass is 10.1. The summed E-state index contributed by atoms with van der Waals surface area (Å²) in [6.45, 7) is 4.57. The number of hydrogen-bond donors (Lipinski definition) is 1. The average molecular weight is 172 g/mol. The molecule has 1 rings (SSSR count). The molecule has 0 aliphatic carbocycles. The standard InChI is InChI=1S/C8H12O2S/c1-6(2)7-3-4-11-8(7)5-10-9/h3-4,6,9H,5H2,1-2H3. The SMILES string of the molecule is CC(C)c1ccsc1COO. The van der Waals surface area contributed by atoms with Crippen molar-refractivity contribution >= 4 is 11.3 Å². The van der Waals surface area contributed by atoms with Crippen LogP contribution in [0, 0.1) is 0 Å². The number of hydrogen-bond acceptors (Lipinski definition) is 3. The van der Waals surface area contributed by atoms with Crippen molar-refractivity contribution in [1.29, 1.82) is 0 Å². The minimum atomic E-state index is 0.311. The summed E-state index contributed by atoms with van der Waals surface area (Å²) in [5.74, 6) is 0.506. The van der Waals surface area contributed by atoms with Crippen LogP contribution in [-0.2, 0) is 11.5 Å². The summed E-state index contributed by atoms with van der Waals surface area (Å²) in [4.78, 5) is 5.20. The maximum atomic E-state index is 8.25. The van der Waals surface area contributed by atoms with Crippen LogP contribution in [0.25, 0.3) is 0 Å². The molecule has 0 fully saturated rings. The predicted molar refractivity (Wildman–Crippen MR) is 45.8 cm³/mol. The van der Waals surface area contributed by atoms with Crippen LogP contribution in [0.4, 0.5) is 0 Å². The summed E-state index contributed by atoms with van der Waals surface area (Å²) in [7, 11) is 0. The molecule has 62 valence electrons. The summed E-state index contributed by atoms with van der Waals surface area (Å²) in [5, 5.41) is 10.3. The first-order valence-corrected chi connectivity index (χ1v) is 4.46. The minimum absolute atomic E-state index is 0.311. The molecule has 0 radical (unpaired) electrons. The molecule has 0 aliphatic rings. The highest BCUT2D eigenvalue weighted by molar-refractivity contribution is 7.10. The van der Waals surface area contributed by atoms with Gasteiger partial charge in [0.1, 0.15) is 6.61 Å². The van der Waals surface area contributed by atoms with Crippen LogP contribution >= 0.6 is 11.3 Å². The highest BCUT2D eigenvalue weighted by Crippen LogP contribution is 2.24. The van der Waals surface area contributed by atoms with E-state index in [1.165, 1.54) is 5.56 Å². The van der Waals surface area contributed by atoms with Crippen molar-refractivity contribution in [2.45, 2.75) is 26.4 Å². The first-order valence-electron chi connectivity index (χ1n) is 3.58. The van der Waals surface area contributed by atoms with Gasteiger partial charge in [-0.3, -0.25) is 5.26 Å². The molecule has 1 heterocycles. The lowest BCUT2D eigenvalue weighted by Crippen LogP contribution is -1.92. The fourth-order valence-electron chi connectivity index (χ4n) is 1.04. The normalized spacial score (nSPS) is 10.9. The Labute approximate surface area is 70.4 Å². The molecule has 0 saturated carbocycles. The van der Waals surface area contributed by atoms with E-state index in [2.05, 4.69) is 24.8 Å². The molecule has 0 saturated heterocycles. The lowest BCUT2D eigenvalue weighted by molar-refractivity contribution is -0.252. The number of thiophene rings is 1. The molecule has 2 nitrogen and oxygen atoms in total. The topological polar surface area (TPSA) is 29.5 Å². The first kappa shape index (κ1) is 8.71. The summed E-state index contributed by atoms with van der Waals surface area (Å²) >= 11 is 1.62. The molecule has 0 atom stereocenters. The highest BCUT2D eigenvalue weighted by atomic mass is 32.1. The third kappa shape index (κ3) is 2.02. The van der Waals surface area contributed by atoms with Gasteiger partial charge in [-0.15, -0.1) is 11.3 Å². The van der Waals surface area contributed by atoms with E-state index in [4.69, 9.17) is 5.26 Å². The van der Waals surface area contributed by atoms with Gasteiger partial charge in [-0.1, -0.05) is 13.8 Å². The Morgan fingerprint density at radius 2 is 2.36 bits per heavy atom. The van der Waals surface area contributed by atoms with Crippen molar-refractivity contribution in [3.8, 4) is 0 Å². The monoisotopic (exact) mass is 172 g/mol. The van der Waals surface area contributed by atoms with Gasteiger partial charge in [0.05, 0.1) is 0 Å². The Balaban J connectivity index is 2.78. The van der Waals surface area contributed by atoms with E-state index in [9.17, 15) is 0 Å². The van der Waals surface area contributed by atoms with Crippen molar-refractivity contribution in [3.05, 3.63) is 21.9 Å². The van der Waals surface area contributed by atoms with E-state index in [-0.39, 0.29) is 0 Å². The van der Waals surface area contributed by atoms with Gasteiger partial charge in [0, 0.05) is 4.88 Å². The molecule has 0 bridgehead atoms. The quantitative estimate of drug-likeness (QED) is 0.561. The molecule has 0 unspecified atom stereocenters. The van der Waals surface area contributed by atoms with E-state index >= 15 is 0 Å². The average Bonchev–Trinajstić information content (AvgIpc) is 2.36. The maximum Gasteiger partial charge on any atom is 0.116 e. The molecule has 1 aromatic heterocycles. The third-order valence-corrected chi connectivity index (χ3v) is 2.51. The molecule has 11 heavy (non-hydrogen) atoms. The highest BCUT2D eigenvalue weighted by Gasteiger charge is 2.07. The van der Waals surface area contributed by atoms with E-state index in [0.717, 1.165) is 4.88 Å². The van der Waals surface area contributed by atoms with E-state index < -0.39 is 0 Å². The second-order valence-electron chi connectivity index (χ2n) is 2.73. The fourth-order valence-corrected chi connectivity index (χ4v) is 1.98. The smallest absolute Gasteiger partial charge is 0.116 e. The molecule has 0 aliphatic heterocycles. The van der Waals surface area contributed by atoms with Gasteiger partial charge in [0.15, 0.2) is 0 Å². The second kappa shape index (κ2) is 3.85. The molecule has 0 amide bonds. The maximum absolute atomic E-state index is 8.25. The van der Waals surface area contributed by atoms with Crippen LogP contribution in [0.5, 0.6) is 0 Å². The molecule has 0 aromatic carbocycles. The van der Waals surface area contributed by atoms with Crippen LogP contribution in [0.1, 0.15) is 30.2 Å². The fraction of sp³-hybridized carbons (Fsp3) is 0.500. The van der Waals surface area contributed by atoms with E-state index in [1.54, 1.807) is 11.3 Å². The molecular weight excluding hydrogens is 160 g/mol. The van der Waals surface area contributed by atoms with Gasteiger partial charge < -0.3 is 0 Å². The summed E-state index contributed by atoms with van der Waals surface area (Å²) in [5.41, 5.74) is 1.27. The summed E-state index contributed by atoms with van der Waals surface area (Å²) in [6, 6.07) is 2.07. The number of rotatable bonds is 3. The Morgan fingerprint density at radius 3 is 2.91 bits per heavy atom. The van der Waals surface area contributed by atoms with Crippen molar-refractivity contribution < 1.29 is 10.1 Å². The molecule has 3 heteroatoms. The van der Waals surface area contributed by atoms with E-state index in [0.29, 0.717) is 12.5 Å². The van der Waals surface area contributed by atoms with Crippen molar-refractivity contribution in [3.63, 3.8) is 0 Å². The summed E-state index contributed by atoms with van der Waals surface area (Å²) in [6.07, 6.45) is 0. The van der Waals surface area contributed by atoms with Gasteiger partial charge in [0.25, 0.3) is 0 Å². The minimum Gasteiger partial charge on any atom is -0.251 e. The van der Waals surface area contributed by atoms with Gasteiger partial charge in [-0.25, -0.2) is 4.89 Å². The Hall–Kier alpha value is -0.380. The predicted octanol–water partition coefficient (Wildman–Crippen LogP) is 2.86. The Morgan fingerprint density at radius 1 is 1.64 bits per heavy atom. The molecule has 1 aromatic rings. The first-order chi connectivity index (χ1) is 5.25. The molecule has 1 N–H and O–H groups in total. The second-order valence-corrected chi connectivity index (χ2v) is 3.73. The molecular formula is C8H12O2S. The van der Waals surface area contributed by atoms with Crippen molar-refractivity contribution in [2.24, 2.45) is 0 Å². The Bertz CT molecular complexity index is 218. The third-order valence-electron chi connectivity index (χ3n) is 1.60. The van der Waals surface area contributed by atoms with Crippen LogP contribution in [-0.4, -0.2) is 5.26 Å².